The summed E-state index contributed by atoms with van der Waals surface area (Å²) in [6.45, 7) is 2.19. The monoisotopic (exact) mass is 371 g/mol. The molecule has 3 aromatic heterocycles. The zero-order chi connectivity index (χ0) is 18.3. The molecule has 3 heterocycles. The zero-order valence-electron chi connectivity index (χ0n) is 14.9. The number of thiophene rings is 1. The summed E-state index contributed by atoms with van der Waals surface area (Å²) in [6, 6.07) is 1.81. The Morgan fingerprint density at radius 3 is 2.92 bits per heavy atom. The van der Waals surface area contributed by atoms with E-state index in [1.165, 1.54) is 16.9 Å². The average molecular weight is 371 g/mol. The molecule has 26 heavy (non-hydrogen) atoms. The number of hydrogen-bond donors (Lipinski definition) is 1. The number of nitrogens with one attached hydrogen (secondary N) is 1. The second-order valence-corrected chi connectivity index (χ2v) is 7.81. The number of carbonyl (C=O) groups is 1. The van der Waals surface area contributed by atoms with Gasteiger partial charge in [0.1, 0.15) is 10.6 Å². The summed E-state index contributed by atoms with van der Waals surface area (Å²) in [5.74, 6) is 0.507. The van der Waals surface area contributed by atoms with E-state index >= 15 is 0 Å². The number of anilines is 1. The first-order valence-electron chi connectivity index (χ1n) is 8.83. The highest BCUT2D eigenvalue weighted by molar-refractivity contribution is 7.18. The van der Waals surface area contributed by atoms with Gasteiger partial charge in [-0.1, -0.05) is 0 Å². The minimum Gasteiger partial charge on any atom is -0.311 e. The van der Waals surface area contributed by atoms with E-state index in [1.54, 1.807) is 34.0 Å². The first kappa shape index (κ1) is 17.0. The fourth-order valence-electron chi connectivity index (χ4n) is 3.50. The molecule has 0 unspecified atom stereocenters. The molecule has 0 aliphatic heterocycles. The average Bonchev–Trinajstić information content (AvgIpc) is 3.14. The van der Waals surface area contributed by atoms with Crippen molar-refractivity contribution in [2.45, 2.75) is 45.6 Å². The lowest BCUT2D eigenvalue weighted by atomic mass is 9.97. The van der Waals surface area contributed by atoms with Gasteiger partial charge in [0.15, 0.2) is 0 Å². The van der Waals surface area contributed by atoms with Crippen LogP contribution in [0.2, 0.25) is 0 Å². The number of amides is 1. The third kappa shape index (κ3) is 3.05. The summed E-state index contributed by atoms with van der Waals surface area (Å²) >= 11 is 1.64. The molecule has 136 valence electrons. The molecule has 1 aliphatic carbocycles. The Morgan fingerprint density at radius 1 is 1.35 bits per heavy atom. The first-order valence-corrected chi connectivity index (χ1v) is 9.65. The van der Waals surface area contributed by atoms with Gasteiger partial charge in [-0.25, -0.2) is 4.98 Å². The van der Waals surface area contributed by atoms with Crippen LogP contribution in [0.4, 0.5) is 5.82 Å². The quantitative estimate of drug-likeness (QED) is 0.763. The van der Waals surface area contributed by atoms with Gasteiger partial charge in [0.05, 0.1) is 17.4 Å². The van der Waals surface area contributed by atoms with Gasteiger partial charge < -0.3 is 5.32 Å². The normalized spacial score (nSPS) is 13.8. The molecule has 3 aromatic rings. The van der Waals surface area contributed by atoms with Crippen molar-refractivity contribution in [2.75, 3.05) is 5.32 Å². The van der Waals surface area contributed by atoms with Crippen LogP contribution in [0.5, 0.6) is 0 Å². The van der Waals surface area contributed by atoms with Crippen LogP contribution in [0.3, 0.4) is 0 Å². The topological polar surface area (TPSA) is 81.8 Å². The second-order valence-electron chi connectivity index (χ2n) is 6.73. The van der Waals surface area contributed by atoms with Crippen molar-refractivity contribution in [1.82, 2.24) is 19.3 Å². The number of nitrogens with zero attached hydrogens (tertiary/aromatic N) is 4. The molecular weight excluding hydrogens is 350 g/mol. The fraction of sp³-hybridized carbons (Fsp3) is 0.444. The molecular formula is C18H21N5O2S. The van der Waals surface area contributed by atoms with Crippen molar-refractivity contribution in [3.8, 4) is 0 Å². The predicted molar refractivity (Wildman–Crippen MR) is 102 cm³/mol. The molecule has 1 amide bonds. The van der Waals surface area contributed by atoms with Crippen LogP contribution in [-0.2, 0) is 31.2 Å². The molecule has 1 N–H and O–H groups in total. The molecule has 0 bridgehead atoms. The Labute approximate surface area is 154 Å². The molecule has 8 heteroatoms. The minimum absolute atomic E-state index is 0.0291. The number of rotatable bonds is 4. The van der Waals surface area contributed by atoms with Crippen molar-refractivity contribution in [3.05, 3.63) is 38.9 Å². The van der Waals surface area contributed by atoms with Gasteiger partial charge in [0, 0.05) is 31.0 Å². The summed E-state index contributed by atoms with van der Waals surface area (Å²) in [5.41, 5.74) is 1.99. The smallest absolute Gasteiger partial charge is 0.262 e. The second kappa shape index (κ2) is 6.68. The Kier molecular flexibility index (Phi) is 4.36. The predicted octanol–water partition coefficient (Wildman–Crippen LogP) is 2.41. The summed E-state index contributed by atoms with van der Waals surface area (Å²) in [4.78, 5) is 31.7. The standard InChI is InChI=1S/C18H21N5O2S/c1-11-9-14(22(2)21-11)20-15(24)7-8-23-10-19-17-16(18(23)25)12-5-3-4-6-13(12)26-17/h9-10H,3-8H2,1-2H3,(H,20,24). The summed E-state index contributed by atoms with van der Waals surface area (Å²) in [5, 5.41) is 7.79. The molecule has 0 saturated heterocycles. The number of aromatic nitrogens is 4. The number of hydrogen-bond acceptors (Lipinski definition) is 5. The third-order valence-electron chi connectivity index (χ3n) is 4.79. The molecule has 0 aromatic carbocycles. The van der Waals surface area contributed by atoms with Crippen molar-refractivity contribution in [1.29, 1.82) is 0 Å². The van der Waals surface area contributed by atoms with Crippen molar-refractivity contribution < 1.29 is 4.79 Å². The van der Waals surface area contributed by atoms with E-state index in [4.69, 9.17) is 0 Å². The molecule has 4 rings (SSSR count). The van der Waals surface area contributed by atoms with E-state index in [9.17, 15) is 9.59 Å². The van der Waals surface area contributed by atoms with Gasteiger partial charge in [0.25, 0.3) is 5.56 Å². The minimum atomic E-state index is -0.146. The van der Waals surface area contributed by atoms with Crippen molar-refractivity contribution in [2.24, 2.45) is 7.05 Å². The summed E-state index contributed by atoms with van der Waals surface area (Å²) in [7, 11) is 1.78. The highest BCUT2D eigenvalue weighted by atomic mass is 32.1. The summed E-state index contributed by atoms with van der Waals surface area (Å²) in [6.07, 6.45) is 6.08. The van der Waals surface area contributed by atoms with Crippen LogP contribution >= 0.6 is 11.3 Å². The molecule has 0 fully saturated rings. The van der Waals surface area contributed by atoms with Crippen LogP contribution in [0.15, 0.2) is 17.2 Å². The maximum Gasteiger partial charge on any atom is 0.262 e. The Bertz CT molecular complexity index is 1050. The lowest BCUT2D eigenvalue weighted by Gasteiger charge is -2.10. The maximum atomic E-state index is 12.9. The first-order chi connectivity index (χ1) is 12.5. The van der Waals surface area contributed by atoms with E-state index in [0.717, 1.165) is 35.2 Å². The maximum absolute atomic E-state index is 12.9. The van der Waals surface area contributed by atoms with E-state index in [1.807, 2.05) is 13.0 Å². The lowest BCUT2D eigenvalue weighted by Crippen LogP contribution is -2.24. The molecule has 1 aliphatic rings. The fourth-order valence-corrected chi connectivity index (χ4v) is 4.71. The Balaban J connectivity index is 1.52. The van der Waals surface area contributed by atoms with E-state index in [0.29, 0.717) is 12.4 Å². The van der Waals surface area contributed by atoms with Crippen molar-refractivity contribution in [3.63, 3.8) is 0 Å². The highest BCUT2D eigenvalue weighted by Gasteiger charge is 2.20. The van der Waals surface area contributed by atoms with Crippen LogP contribution in [0.25, 0.3) is 10.2 Å². The molecule has 0 radical (unpaired) electrons. The largest absolute Gasteiger partial charge is 0.311 e. The van der Waals surface area contributed by atoms with Crippen LogP contribution in [0.1, 0.15) is 35.4 Å². The van der Waals surface area contributed by atoms with Gasteiger partial charge >= 0.3 is 0 Å². The van der Waals surface area contributed by atoms with Gasteiger partial charge in [-0.05, 0) is 38.2 Å². The van der Waals surface area contributed by atoms with Gasteiger partial charge in [0.2, 0.25) is 5.91 Å². The molecule has 7 nitrogen and oxygen atoms in total. The van der Waals surface area contributed by atoms with Crippen LogP contribution in [-0.4, -0.2) is 25.2 Å². The molecule has 0 spiro atoms. The van der Waals surface area contributed by atoms with Crippen LogP contribution < -0.4 is 10.9 Å². The number of aryl methyl sites for hydroxylation is 5. The van der Waals surface area contributed by atoms with Gasteiger partial charge in [-0.3, -0.25) is 18.8 Å². The SMILES string of the molecule is Cc1cc(NC(=O)CCn2cnc3sc4c(c3c2=O)CCCC4)n(C)n1. The Hall–Kier alpha value is -2.48. The molecule has 0 saturated carbocycles. The van der Waals surface area contributed by atoms with Crippen molar-refractivity contribution >= 4 is 33.3 Å². The Morgan fingerprint density at radius 2 is 2.15 bits per heavy atom. The van der Waals surface area contributed by atoms with E-state index in [-0.39, 0.29) is 17.9 Å². The van der Waals surface area contributed by atoms with E-state index < -0.39 is 0 Å². The van der Waals surface area contributed by atoms with Gasteiger partial charge in [-0.2, -0.15) is 5.10 Å². The van der Waals surface area contributed by atoms with Crippen LogP contribution in [0, 0.1) is 6.92 Å². The molecule has 0 atom stereocenters. The lowest BCUT2D eigenvalue weighted by molar-refractivity contribution is -0.116. The number of carbonyl (C=O) groups excluding carboxylic acids is 1. The zero-order valence-corrected chi connectivity index (χ0v) is 15.7. The number of fused-ring (bicyclic) bond motifs is 3. The third-order valence-corrected chi connectivity index (χ3v) is 5.99. The summed E-state index contributed by atoms with van der Waals surface area (Å²) < 4.78 is 3.18. The highest BCUT2D eigenvalue weighted by Crippen LogP contribution is 2.33. The van der Waals surface area contributed by atoms with Gasteiger partial charge in [-0.15, -0.1) is 11.3 Å². The van der Waals surface area contributed by atoms with E-state index in [2.05, 4.69) is 15.4 Å².